The molecule has 2 aromatic carbocycles. The minimum Gasteiger partial charge on any atom is -0.445 e. The smallest absolute Gasteiger partial charge is 0.410 e. The first-order chi connectivity index (χ1) is 43.8. The first-order valence-electron chi connectivity index (χ1n) is 32.5. The number of anilines is 1. The Morgan fingerprint density at radius 3 is 2.03 bits per heavy atom. The molecular formula is C66H103N11O15. The fourth-order valence-corrected chi connectivity index (χ4v) is 12.1. The van der Waals surface area contributed by atoms with Crippen LogP contribution in [-0.4, -0.2) is 182 Å². The van der Waals surface area contributed by atoms with Crippen molar-refractivity contribution >= 4 is 71.0 Å². The van der Waals surface area contributed by atoms with Gasteiger partial charge in [0.2, 0.25) is 53.2 Å². The molecule has 2 aliphatic rings. The number of hydrogen-bond donors (Lipinski definition) is 9. The van der Waals surface area contributed by atoms with E-state index in [1.54, 1.807) is 69.0 Å². The molecule has 4 rings (SSSR count). The van der Waals surface area contributed by atoms with Crippen LogP contribution in [0.2, 0.25) is 0 Å². The molecule has 0 bridgehead atoms. The summed E-state index contributed by atoms with van der Waals surface area (Å²) < 4.78 is 17.4. The Balaban J connectivity index is 1.25. The molecular weight excluding hydrogens is 1190 g/mol. The van der Waals surface area contributed by atoms with E-state index in [-0.39, 0.29) is 92.5 Å². The second-order valence-corrected chi connectivity index (χ2v) is 24.6. The van der Waals surface area contributed by atoms with E-state index in [0.29, 0.717) is 68.4 Å². The third-order valence-corrected chi connectivity index (χ3v) is 17.7. The van der Waals surface area contributed by atoms with Crippen molar-refractivity contribution in [1.29, 1.82) is 0 Å². The number of nitrogens with two attached hydrogens (primary N) is 1. The minimum atomic E-state index is -1.08. The number of amides is 12. The second kappa shape index (κ2) is 39.0. The Labute approximate surface area is 542 Å². The molecule has 0 spiro atoms. The van der Waals surface area contributed by atoms with Crippen molar-refractivity contribution < 1.29 is 72.1 Å². The molecule has 11 atom stereocenters. The van der Waals surface area contributed by atoms with Crippen LogP contribution in [0.4, 0.5) is 15.3 Å². The zero-order chi connectivity index (χ0) is 68.2. The van der Waals surface area contributed by atoms with Gasteiger partial charge in [0.1, 0.15) is 18.7 Å². The summed E-state index contributed by atoms with van der Waals surface area (Å²) >= 11 is 0. The van der Waals surface area contributed by atoms with Gasteiger partial charge in [-0.25, -0.2) is 9.59 Å². The van der Waals surface area contributed by atoms with Crippen LogP contribution >= 0.6 is 0 Å². The molecule has 0 radical (unpaired) electrons. The summed E-state index contributed by atoms with van der Waals surface area (Å²) in [7, 11) is 4.38. The van der Waals surface area contributed by atoms with Gasteiger partial charge in [-0.1, -0.05) is 117 Å². The van der Waals surface area contributed by atoms with Gasteiger partial charge in [-0.2, -0.15) is 0 Å². The summed E-state index contributed by atoms with van der Waals surface area (Å²) in [5.74, 6) is -4.99. The molecule has 2 saturated heterocycles. The summed E-state index contributed by atoms with van der Waals surface area (Å²) in [4.78, 5) is 149. The van der Waals surface area contributed by atoms with Crippen molar-refractivity contribution in [3.8, 4) is 0 Å². The van der Waals surface area contributed by atoms with Gasteiger partial charge in [0, 0.05) is 59.4 Å². The SMILES string of the molecule is CCC(CC)C1CC(=O)N(CCCCCC(=O)NCC(=O)N[C@@H](CCCNC(N)=O)C(=O)Nc2ccc(COC(=O)N(C)C(C(=O)NCC(=O)N[C@@H]([C@@H](C)CC)[C@@H](CC(=O)N3CCC[C@H]3[C@H](OC)[C@@H](C)C(=O)N[C@H](C)[C@@H](O)c3ccccc3)OC)C(C)C)cc2)C1=O. The van der Waals surface area contributed by atoms with Crippen molar-refractivity contribution in [2.24, 2.45) is 35.3 Å². The molecule has 2 fully saturated rings. The predicted molar refractivity (Wildman–Crippen MR) is 344 cm³/mol. The first-order valence-corrected chi connectivity index (χ1v) is 32.5. The van der Waals surface area contributed by atoms with Crippen LogP contribution in [0.1, 0.15) is 156 Å². The van der Waals surface area contributed by atoms with E-state index in [4.69, 9.17) is 19.9 Å². The molecule has 0 aliphatic carbocycles. The Kier molecular flexibility index (Phi) is 32.5. The highest BCUT2D eigenvalue weighted by molar-refractivity contribution is 6.03. The summed E-state index contributed by atoms with van der Waals surface area (Å²) in [5, 5.41) is 29.8. The fraction of sp³-hybridized carbons (Fsp3) is 0.652. The van der Waals surface area contributed by atoms with Crippen LogP contribution in [0.5, 0.6) is 0 Å². The van der Waals surface area contributed by atoms with Crippen molar-refractivity contribution in [1.82, 2.24) is 46.6 Å². The summed E-state index contributed by atoms with van der Waals surface area (Å²) in [6, 6.07) is 10.8. The van der Waals surface area contributed by atoms with E-state index in [9.17, 15) is 57.8 Å². The molecule has 0 aromatic heterocycles. The lowest BCUT2D eigenvalue weighted by molar-refractivity contribution is -0.143. The van der Waals surface area contributed by atoms with Crippen LogP contribution in [0.3, 0.4) is 0 Å². The van der Waals surface area contributed by atoms with E-state index in [2.05, 4.69) is 37.2 Å². The number of nitrogens with zero attached hydrogens (tertiary/aromatic N) is 3. The number of ether oxygens (including phenoxy) is 3. The number of aliphatic hydroxyl groups is 1. The second-order valence-electron chi connectivity index (χ2n) is 24.6. The average molecular weight is 1290 g/mol. The predicted octanol–water partition coefficient (Wildman–Crippen LogP) is 4.57. The Bertz CT molecular complexity index is 2750. The number of urea groups is 1. The van der Waals surface area contributed by atoms with Crippen LogP contribution in [0.15, 0.2) is 54.6 Å². The molecule has 10 N–H and O–H groups in total. The number of hydrogen-bond acceptors (Lipinski definition) is 15. The van der Waals surface area contributed by atoms with Crippen molar-refractivity contribution in [3.05, 3.63) is 65.7 Å². The molecule has 26 heteroatoms. The number of imide groups is 1. The number of unbranched alkanes of at least 4 members (excludes halogenated alkanes) is 2. The van der Waals surface area contributed by atoms with E-state index >= 15 is 0 Å². The van der Waals surface area contributed by atoms with Crippen LogP contribution in [0.25, 0.3) is 0 Å². The highest BCUT2D eigenvalue weighted by atomic mass is 16.6. The average Bonchev–Trinajstić information content (AvgIpc) is 1.66. The number of carbonyl (C=O) groups excluding carboxylic acids is 11. The van der Waals surface area contributed by atoms with Crippen LogP contribution < -0.4 is 43.0 Å². The Morgan fingerprint density at radius 1 is 0.750 bits per heavy atom. The largest absolute Gasteiger partial charge is 0.445 e. The molecule has 2 heterocycles. The van der Waals surface area contributed by atoms with Gasteiger partial charge in [-0.05, 0) is 86.5 Å². The number of rotatable bonds is 39. The number of methoxy groups -OCH3 is 2. The fourth-order valence-electron chi connectivity index (χ4n) is 12.1. The van der Waals surface area contributed by atoms with Crippen LogP contribution in [-0.2, 0) is 64.0 Å². The maximum absolute atomic E-state index is 14.2. The molecule has 12 amide bonds. The molecule has 2 unspecified atom stereocenters. The van der Waals surface area contributed by atoms with Gasteiger partial charge >= 0.3 is 12.1 Å². The minimum absolute atomic E-state index is 0.0946. The number of likely N-dealkylation sites (N-methyl/N-ethyl adjacent to an activating group) is 1. The van der Waals surface area contributed by atoms with Gasteiger partial charge in [-0.3, -0.25) is 53.0 Å². The molecule has 512 valence electrons. The summed E-state index contributed by atoms with van der Waals surface area (Å²) in [5.41, 5.74) is 6.73. The number of primary amides is 1. The summed E-state index contributed by atoms with van der Waals surface area (Å²) in [6.07, 6.45) is 2.58. The van der Waals surface area contributed by atoms with Gasteiger partial charge in [0.25, 0.3) is 0 Å². The third-order valence-electron chi connectivity index (χ3n) is 17.7. The summed E-state index contributed by atoms with van der Waals surface area (Å²) in [6.45, 7) is 14.6. The van der Waals surface area contributed by atoms with Crippen molar-refractivity contribution in [2.75, 3.05) is 59.3 Å². The maximum Gasteiger partial charge on any atom is 0.410 e. The van der Waals surface area contributed by atoms with Gasteiger partial charge in [0.05, 0.1) is 67.8 Å². The Morgan fingerprint density at radius 2 is 1.41 bits per heavy atom. The molecule has 2 aliphatic heterocycles. The van der Waals surface area contributed by atoms with Gasteiger partial charge < -0.3 is 67.2 Å². The van der Waals surface area contributed by atoms with Crippen molar-refractivity contribution in [2.45, 2.75) is 194 Å². The quantitative estimate of drug-likeness (QED) is 0.0327. The van der Waals surface area contributed by atoms with E-state index in [0.717, 1.165) is 17.7 Å². The normalized spacial score (nSPS) is 17.7. The van der Waals surface area contributed by atoms with E-state index in [1.165, 1.54) is 26.2 Å². The zero-order valence-corrected chi connectivity index (χ0v) is 55.7. The number of aliphatic hydroxyl groups excluding tert-OH is 1. The van der Waals surface area contributed by atoms with Crippen molar-refractivity contribution in [3.63, 3.8) is 0 Å². The molecule has 2 aromatic rings. The van der Waals surface area contributed by atoms with E-state index < -0.39 is 109 Å². The lowest BCUT2D eigenvalue weighted by atomic mass is 9.87. The maximum atomic E-state index is 14.2. The van der Waals surface area contributed by atoms with Gasteiger partial charge in [-0.15, -0.1) is 0 Å². The monoisotopic (exact) mass is 1290 g/mol. The Hall–Kier alpha value is -7.71. The lowest BCUT2D eigenvalue weighted by Gasteiger charge is -2.36. The topological polar surface area (TPSA) is 356 Å². The van der Waals surface area contributed by atoms with Gasteiger partial charge in [0.15, 0.2) is 0 Å². The number of benzene rings is 2. The third kappa shape index (κ3) is 23.4. The first kappa shape index (κ1) is 76.7. The lowest BCUT2D eigenvalue weighted by Crippen LogP contribution is -2.55. The van der Waals surface area contributed by atoms with Crippen LogP contribution in [0, 0.1) is 29.6 Å². The molecule has 92 heavy (non-hydrogen) atoms. The number of likely N-dealkylation sites (tertiary alicyclic amines) is 2. The highest BCUT2D eigenvalue weighted by Gasteiger charge is 2.43. The molecule has 26 nitrogen and oxygen atoms in total. The number of carbonyl (C=O) groups is 11. The van der Waals surface area contributed by atoms with E-state index in [1.807, 2.05) is 45.9 Å². The molecule has 0 saturated carbocycles. The number of nitrogens with one attached hydrogen (secondary N) is 7. The standard InChI is InChI=1S/C66H103N11O15/c1-12-41(6)57(51(90-10)36-56(82)76-34-22-26-50(76)60(91-11)42(7)61(84)71-43(8)59(83)46-23-17-15-18-24-46)74-54(80)38-70-63(86)58(40(4)5)75(9)66(89)92-39-44-28-30-47(31-29-44)72-62(85)49(25-21-32-68-65(67)88)73-53(79)37-69-52(78)27-19-16-20-33-77-55(81)35-48(64(77)87)45(13-2)14-3/h15,17-18,23-24,28-31,40-43,45,48-51,57-60,83H,12-14,16,19-22,25-27,32-39H2,1-11H3,(H,69,78)(H,70,86)(H,71,84)(H,72,85)(H,73,79)(H,74,80)(H3,67,68,88)/t41-,42+,43+,48?,49-,50-,51+,57-,58?,59+,60+/m0/s1. The highest BCUT2D eigenvalue weighted by Crippen LogP contribution is 2.32. The zero-order valence-electron chi connectivity index (χ0n) is 55.7.